The number of nitrogens with one attached hydrogen (secondary N) is 1. The van der Waals surface area contributed by atoms with Gasteiger partial charge in [0.25, 0.3) is 5.91 Å². The van der Waals surface area contributed by atoms with Crippen molar-refractivity contribution in [3.05, 3.63) is 46.8 Å². The summed E-state index contributed by atoms with van der Waals surface area (Å²) < 4.78 is 13.2. The zero-order valence-electron chi connectivity index (χ0n) is 15.5. The molecule has 1 amide bonds. The van der Waals surface area contributed by atoms with Crippen LogP contribution in [-0.4, -0.2) is 35.4 Å². The van der Waals surface area contributed by atoms with Gasteiger partial charge in [0.15, 0.2) is 0 Å². The number of aromatic nitrogens is 2. The van der Waals surface area contributed by atoms with E-state index in [1.165, 1.54) is 12.8 Å². The molecule has 2 aromatic rings. The molecule has 1 N–H and O–H groups in total. The fourth-order valence-electron chi connectivity index (χ4n) is 3.68. The number of hydrogen-bond acceptors (Lipinski definition) is 4. The summed E-state index contributed by atoms with van der Waals surface area (Å²) in [6.07, 6.45) is 4.83. The van der Waals surface area contributed by atoms with Crippen molar-refractivity contribution in [1.82, 2.24) is 15.1 Å². The Hall–Kier alpha value is -2.34. The Morgan fingerprint density at radius 2 is 2.12 bits per heavy atom. The van der Waals surface area contributed by atoms with Crippen LogP contribution in [0.5, 0.6) is 5.75 Å². The van der Waals surface area contributed by atoms with E-state index in [2.05, 4.69) is 10.4 Å². The first-order valence-corrected chi connectivity index (χ1v) is 9.17. The molecule has 26 heavy (non-hydrogen) atoms. The second-order valence-corrected chi connectivity index (χ2v) is 7.20. The Labute approximate surface area is 153 Å². The predicted octanol–water partition coefficient (Wildman–Crippen LogP) is 2.87. The van der Waals surface area contributed by atoms with Crippen molar-refractivity contribution in [1.29, 1.82) is 0 Å². The lowest BCUT2D eigenvalue weighted by atomic mass is 10.0. The number of aryl methyl sites for hydroxylation is 1. The fourth-order valence-corrected chi connectivity index (χ4v) is 3.68. The van der Waals surface area contributed by atoms with E-state index in [0.29, 0.717) is 18.1 Å². The van der Waals surface area contributed by atoms with E-state index >= 15 is 0 Å². The Bertz CT molecular complexity index is 826. The Morgan fingerprint density at radius 3 is 2.77 bits per heavy atom. The molecule has 2 aliphatic rings. The van der Waals surface area contributed by atoms with Crippen molar-refractivity contribution in [3.63, 3.8) is 0 Å². The number of amides is 1. The molecule has 0 spiro atoms. The number of carbonyl (C=O) groups is 1. The zero-order chi connectivity index (χ0) is 18.3. The minimum Gasteiger partial charge on any atom is -0.496 e. The second-order valence-electron chi connectivity index (χ2n) is 7.20. The van der Waals surface area contributed by atoms with E-state index in [1.54, 1.807) is 7.11 Å². The van der Waals surface area contributed by atoms with Crippen LogP contribution in [0, 0.1) is 6.92 Å². The van der Waals surface area contributed by atoms with Gasteiger partial charge in [-0.15, -0.1) is 0 Å². The molecule has 6 nitrogen and oxygen atoms in total. The van der Waals surface area contributed by atoms with E-state index < -0.39 is 0 Å². The number of nitrogens with zero attached hydrogens (tertiary/aromatic N) is 2. The summed E-state index contributed by atoms with van der Waals surface area (Å²) in [6, 6.07) is 5.67. The molecule has 1 saturated heterocycles. The highest BCUT2D eigenvalue weighted by Crippen LogP contribution is 2.44. The van der Waals surface area contributed by atoms with Crippen LogP contribution in [0.15, 0.2) is 24.4 Å². The summed E-state index contributed by atoms with van der Waals surface area (Å²) in [5, 5.41) is 7.46. The molecule has 1 aliphatic heterocycles. The quantitative estimate of drug-likeness (QED) is 0.896. The molecular weight excluding hydrogens is 330 g/mol. The van der Waals surface area contributed by atoms with Gasteiger partial charge < -0.3 is 14.8 Å². The normalized spacial score (nSPS) is 22.4. The lowest BCUT2D eigenvalue weighted by Crippen LogP contribution is -2.37. The van der Waals surface area contributed by atoms with E-state index in [-0.39, 0.29) is 18.1 Å². The van der Waals surface area contributed by atoms with Crippen LogP contribution in [0.3, 0.4) is 0 Å². The van der Waals surface area contributed by atoms with Crippen LogP contribution >= 0.6 is 0 Å². The molecule has 2 atom stereocenters. The third kappa shape index (κ3) is 3.09. The zero-order valence-corrected chi connectivity index (χ0v) is 15.5. The van der Waals surface area contributed by atoms with E-state index in [0.717, 1.165) is 29.0 Å². The van der Waals surface area contributed by atoms with Crippen LogP contribution in [-0.2, 0) is 11.8 Å². The highest BCUT2D eigenvalue weighted by atomic mass is 16.5. The predicted molar refractivity (Wildman–Crippen MR) is 97.5 cm³/mol. The van der Waals surface area contributed by atoms with Crippen molar-refractivity contribution >= 4 is 5.91 Å². The average Bonchev–Trinajstić information content (AvgIpc) is 3.32. The van der Waals surface area contributed by atoms with Crippen molar-refractivity contribution in [2.24, 2.45) is 7.05 Å². The highest BCUT2D eigenvalue weighted by Gasteiger charge is 2.34. The van der Waals surface area contributed by atoms with Crippen LogP contribution < -0.4 is 10.1 Å². The SMILES string of the molecule is COc1ccc(C(=O)N[C@H]2CCO[C@@H]2c2cnn(C)c2C)cc1C1CC1. The molecule has 1 aromatic carbocycles. The second kappa shape index (κ2) is 6.76. The van der Waals surface area contributed by atoms with Crippen LogP contribution in [0.2, 0.25) is 0 Å². The third-order valence-corrected chi connectivity index (χ3v) is 5.50. The summed E-state index contributed by atoms with van der Waals surface area (Å²) >= 11 is 0. The number of methoxy groups -OCH3 is 1. The minimum atomic E-state index is -0.145. The van der Waals surface area contributed by atoms with Crippen molar-refractivity contribution in [2.75, 3.05) is 13.7 Å². The van der Waals surface area contributed by atoms with E-state index in [1.807, 2.05) is 43.0 Å². The molecule has 6 heteroatoms. The van der Waals surface area contributed by atoms with Gasteiger partial charge in [0.1, 0.15) is 11.9 Å². The molecule has 0 unspecified atom stereocenters. The van der Waals surface area contributed by atoms with Gasteiger partial charge in [-0.3, -0.25) is 9.48 Å². The molecule has 2 heterocycles. The molecule has 1 aromatic heterocycles. The van der Waals surface area contributed by atoms with Gasteiger partial charge in [0.05, 0.1) is 19.3 Å². The van der Waals surface area contributed by atoms with Gasteiger partial charge in [0.2, 0.25) is 0 Å². The van der Waals surface area contributed by atoms with Gasteiger partial charge in [0, 0.05) is 30.5 Å². The van der Waals surface area contributed by atoms with Gasteiger partial charge in [-0.25, -0.2) is 0 Å². The van der Waals surface area contributed by atoms with Crippen LogP contribution in [0.1, 0.15) is 58.5 Å². The first kappa shape index (κ1) is 17.1. The molecule has 2 fully saturated rings. The lowest BCUT2D eigenvalue weighted by molar-refractivity contribution is 0.0819. The fraction of sp³-hybridized carbons (Fsp3) is 0.500. The van der Waals surface area contributed by atoms with E-state index in [4.69, 9.17) is 9.47 Å². The van der Waals surface area contributed by atoms with Crippen molar-refractivity contribution in [2.45, 2.75) is 44.2 Å². The smallest absolute Gasteiger partial charge is 0.251 e. The number of ether oxygens (including phenoxy) is 2. The molecule has 0 bridgehead atoms. The summed E-state index contributed by atoms with van der Waals surface area (Å²) in [6.45, 7) is 2.66. The Kier molecular flexibility index (Phi) is 4.44. The first-order chi connectivity index (χ1) is 12.6. The minimum absolute atomic E-state index is 0.0446. The molecule has 0 radical (unpaired) electrons. The maximum atomic E-state index is 12.8. The topological polar surface area (TPSA) is 65.4 Å². The standard InChI is InChI=1S/C20H25N3O3/c1-12-16(11-21-23(12)2)19-17(8-9-26-19)22-20(24)14-6-7-18(25-3)15(10-14)13-4-5-13/h6-7,10-11,13,17,19H,4-5,8-9H2,1-3H3,(H,22,24)/t17-,19+/m0/s1. The Morgan fingerprint density at radius 1 is 1.31 bits per heavy atom. The lowest BCUT2D eigenvalue weighted by Gasteiger charge is -2.20. The molecular formula is C20H25N3O3. The first-order valence-electron chi connectivity index (χ1n) is 9.17. The number of hydrogen-bond donors (Lipinski definition) is 1. The molecule has 138 valence electrons. The van der Waals surface area contributed by atoms with Gasteiger partial charge in [-0.2, -0.15) is 5.10 Å². The van der Waals surface area contributed by atoms with Crippen LogP contribution in [0.25, 0.3) is 0 Å². The van der Waals surface area contributed by atoms with Crippen LogP contribution in [0.4, 0.5) is 0 Å². The maximum Gasteiger partial charge on any atom is 0.251 e. The molecule has 4 rings (SSSR count). The summed E-state index contributed by atoms with van der Waals surface area (Å²) in [5.41, 5.74) is 3.93. The third-order valence-electron chi connectivity index (χ3n) is 5.50. The monoisotopic (exact) mass is 355 g/mol. The summed E-state index contributed by atoms with van der Waals surface area (Å²) in [4.78, 5) is 12.8. The number of rotatable bonds is 5. The van der Waals surface area contributed by atoms with Gasteiger partial charge in [-0.05, 0) is 55.9 Å². The number of carbonyl (C=O) groups excluding carboxylic acids is 1. The van der Waals surface area contributed by atoms with E-state index in [9.17, 15) is 4.79 Å². The molecule has 1 aliphatic carbocycles. The summed E-state index contributed by atoms with van der Waals surface area (Å²) in [7, 11) is 3.59. The van der Waals surface area contributed by atoms with Gasteiger partial charge in [-0.1, -0.05) is 0 Å². The van der Waals surface area contributed by atoms with Crippen molar-refractivity contribution in [3.8, 4) is 5.75 Å². The average molecular weight is 355 g/mol. The summed E-state index contributed by atoms with van der Waals surface area (Å²) in [5.74, 6) is 1.34. The van der Waals surface area contributed by atoms with Gasteiger partial charge >= 0.3 is 0 Å². The number of benzene rings is 1. The maximum absolute atomic E-state index is 12.8. The van der Waals surface area contributed by atoms with Crippen molar-refractivity contribution < 1.29 is 14.3 Å². The Balaban J connectivity index is 1.52. The highest BCUT2D eigenvalue weighted by molar-refractivity contribution is 5.95. The molecule has 1 saturated carbocycles. The largest absolute Gasteiger partial charge is 0.496 e.